The van der Waals surface area contributed by atoms with Crippen LogP contribution in [0.15, 0.2) is 66.7 Å². The Morgan fingerprint density at radius 2 is 1.26 bits per heavy atom. The predicted molar refractivity (Wildman–Crippen MR) is 135 cm³/mol. The highest BCUT2D eigenvalue weighted by molar-refractivity contribution is 5.89. The normalized spacial score (nSPS) is 12.6. The molecule has 0 N–H and O–H groups in total. The van der Waals surface area contributed by atoms with E-state index in [9.17, 15) is 4.79 Å². The third-order valence-corrected chi connectivity index (χ3v) is 6.03. The molecule has 0 radical (unpaired) electrons. The highest BCUT2D eigenvalue weighted by atomic mass is 16.5. The van der Waals surface area contributed by atoms with Gasteiger partial charge in [-0.2, -0.15) is 0 Å². The number of rotatable bonds is 12. The molecule has 0 bridgehead atoms. The molecule has 0 saturated carbocycles. The van der Waals surface area contributed by atoms with E-state index in [1.165, 1.54) is 0 Å². The van der Waals surface area contributed by atoms with Crippen LogP contribution in [-0.4, -0.2) is 41.0 Å². The van der Waals surface area contributed by atoms with Crippen molar-refractivity contribution in [3.05, 3.63) is 94.5 Å². The lowest BCUT2D eigenvalue weighted by atomic mass is 9.91. The summed E-state index contributed by atoms with van der Waals surface area (Å²) < 4.78 is 27.8. The topological polar surface area (TPSA) is 63.2 Å². The summed E-state index contributed by atoms with van der Waals surface area (Å²) in [5, 5.41) is 0. The molecule has 35 heavy (non-hydrogen) atoms. The van der Waals surface area contributed by atoms with Crippen LogP contribution < -0.4 is 9.47 Å². The summed E-state index contributed by atoms with van der Waals surface area (Å²) in [5.41, 5.74) is 4.59. The Hall–Kier alpha value is -3.35. The van der Waals surface area contributed by atoms with Gasteiger partial charge in [-0.3, -0.25) is 0 Å². The fourth-order valence-corrected chi connectivity index (χ4v) is 4.11. The van der Waals surface area contributed by atoms with Crippen LogP contribution in [0.1, 0.15) is 51.7 Å². The quantitative estimate of drug-likeness (QED) is 0.309. The minimum absolute atomic E-state index is 0.185. The van der Waals surface area contributed by atoms with Crippen molar-refractivity contribution in [1.82, 2.24) is 0 Å². The van der Waals surface area contributed by atoms with Gasteiger partial charge >= 0.3 is 5.97 Å². The fourth-order valence-electron chi connectivity index (χ4n) is 4.11. The molecule has 186 valence electrons. The van der Waals surface area contributed by atoms with Gasteiger partial charge in [0.2, 0.25) is 0 Å². The molecule has 2 unspecified atom stereocenters. The van der Waals surface area contributed by atoms with Gasteiger partial charge in [-0.25, -0.2) is 4.79 Å². The van der Waals surface area contributed by atoms with E-state index in [0.29, 0.717) is 25.0 Å². The van der Waals surface area contributed by atoms with E-state index >= 15 is 0 Å². The zero-order chi connectivity index (χ0) is 25.2. The highest BCUT2D eigenvalue weighted by Gasteiger charge is 2.20. The van der Waals surface area contributed by atoms with Gasteiger partial charge in [0.05, 0.1) is 38.6 Å². The lowest BCUT2D eigenvalue weighted by Gasteiger charge is -2.22. The summed E-state index contributed by atoms with van der Waals surface area (Å²) in [6, 6.07) is 21.4. The van der Waals surface area contributed by atoms with Crippen molar-refractivity contribution in [3.63, 3.8) is 0 Å². The lowest BCUT2D eigenvalue weighted by molar-refractivity contribution is 0.0526. The summed E-state index contributed by atoms with van der Waals surface area (Å²) in [5.74, 6) is 1.20. The second-order valence-corrected chi connectivity index (χ2v) is 8.11. The van der Waals surface area contributed by atoms with Gasteiger partial charge in [-0.15, -0.1) is 0 Å². The monoisotopic (exact) mass is 478 g/mol. The summed E-state index contributed by atoms with van der Waals surface area (Å²) in [6.07, 6.45) is 0.784. The van der Waals surface area contributed by atoms with Crippen LogP contribution in [0.3, 0.4) is 0 Å². The van der Waals surface area contributed by atoms with Crippen molar-refractivity contribution in [2.24, 2.45) is 0 Å². The number of hydrogen-bond acceptors (Lipinski definition) is 6. The number of esters is 1. The van der Waals surface area contributed by atoms with E-state index in [1.54, 1.807) is 35.4 Å². The number of benzene rings is 3. The Kier molecular flexibility index (Phi) is 9.70. The Labute approximate surface area is 207 Å². The average Bonchev–Trinajstić information content (AvgIpc) is 2.90. The number of ether oxygens (including phenoxy) is 5. The summed E-state index contributed by atoms with van der Waals surface area (Å²) in [4.78, 5) is 12.5. The van der Waals surface area contributed by atoms with Gasteiger partial charge in [-0.05, 0) is 65.6 Å². The Morgan fingerprint density at radius 3 is 1.74 bits per heavy atom. The zero-order valence-corrected chi connectivity index (χ0v) is 21.1. The molecule has 0 fully saturated rings. The second kappa shape index (κ2) is 12.9. The Bertz CT molecular complexity index is 1110. The molecule has 0 heterocycles. The first-order valence-corrected chi connectivity index (χ1v) is 11.6. The van der Waals surface area contributed by atoms with Crippen LogP contribution in [0.4, 0.5) is 0 Å². The molecule has 0 aromatic heterocycles. The molecule has 0 aliphatic carbocycles. The van der Waals surface area contributed by atoms with Crippen molar-refractivity contribution in [3.8, 4) is 11.5 Å². The number of carbonyl (C=O) groups is 1. The maximum atomic E-state index is 12.5. The SMILES string of the molecule is CCOC(=O)c1ccc(CC(OC)c2cccc(OC)c2)c(CC(OC)c2cccc(OC)c2)c1. The van der Waals surface area contributed by atoms with E-state index in [2.05, 4.69) is 0 Å². The number of carbonyl (C=O) groups excluding carboxylic acids is 1. The molecule has 0 spiro atoms. The molecule has 0 aliphatic rings. The van der Waals surface area contributed by atoms with Crippen LogP contribution >= 0.6 is 0 Å². The van der Waals surface area contributed by atoms with Gasteiger partial charge in [0.25, 0.3) is 0 Å². The third-order valence-electron chi connectivity index (χ3n) is 6.03. The smallest absolute Gasteiger partial charge is 0.338 e. The van der Waals surface area contributed by atoms with Crippen molar-refractivity contribution >= 4 is 5.97 Å². The van der Waals surface area contributed by atoms with Gasteiger partial charge in [0.1, 0.15) is 11.5 Å². The standard InChI is InChI=1S/C29H34O6/c1-6-35-29(30)23-14-13-20(18-27(33-4)21-9-7-11-25(16-21)31-2)24(15-23)19-28(34-5)22-10-8-12-26(17-22)32-3/h7-17,27-28H,6,18-19H2,1-5H3. The number of methoxy groups -OCH3 is 4. The number of hydrogen-bond donors (Lipinski definition) is 0. The first-order chi connectivity index (χ1) is 17.0. The predicted octanol–water partition coefficient (Wildman–Crippen LogP) is 5.74. The van der Waals surface area contributed by atoms with Crippen molar-refractivity contribution < 1.29 is 28.5 Å². The van der Waals surface area contributed by atoms with Crippen LogP contribution in [0.5, 0.6) is 11.5 Å². The molecular formula is C29H34O6. The van der Waals surface area contributed by atoms with Crippen molar-refractivity contribution in [2.45, 2.75) is 32.0 Å². The average molecular weight is 479 g/mol. The van der Waals surface area contributed by atoms with Crippen LogP contribution in [-0.2, 0) is 27.1 Å². The van der Waals surface area contributed by atoms with Crippen LogP contribution in [0.2, 0.25) is 0 Å². The van der Waals surface area contributed by atoms with Gasteiger partial charge in [-0.1, -0.05) is 30.3 Å². The third kappa shape index (κ3) is 6.84. The summed E-state index contributed by atoms with van der Waals surface area (Å²) in [7, 11) is 6.68. The minimum Gasteiger partial charge on any atom is -0.497 e. The zero-order valence-electron chi connectivity index (χ0n) is 21.1. The molecular weight excluding hydrogens is 444 g/mol. The molecule has 3 rings (SSSR count). The second-order valence-electron chi connectivity index (χ2n) is 8.11. The largest absolute Gasteiger partial charge is 0.497 e. The Morgan fingerprint density at radius 1 is 0.714 bits per heavy atom. The van der Waals surface area contributed by atoms with E-state index in [1.807, 2.05) is 66.7 Å². The maximum Gasteiger partial charge on any atom is 0.338 e. The fraction of sp³-hybridized carbons (Fsp3) is 0.345. The summed E-state index contributed by atoms with van der Waals surface area (Å²) in [6.45, 7) is 2.12. The molecule has 3 aromatic rings. The Balaban J connectivity index is 1.97. The van der Waals surface area contributed by atoms with Crippen LogP contribution in [0, 0.1) is 0 Å². The van der Waals surface area contributed by atoms with E-state index in [0.717, 1.165) is 33.8 Å². The van der Waals surface area contributed by atoms with Gasteiger partial charge in [0.15, 0.2) is 0 Å². The lowest BCUT2D eigenvalue weighted by Crippen LogP contribution is -2.13. The maximum absolute atomic E-state index is 12.5. The van der Waals surface area contributed by atoms with Crippen molar-refractivity contribution in [2.75, 3.05) is 35.0 Å². The van der Waals surface area contributed by atoms with Crippen LogP contribution in [0.25, 0.3) is 0 Å². The van der Waals surface area contributed by atoms with Gasteiger partial charge in [0, 0.05) is 27.1 Å². The van der Waals surface area contributed by atoms with E-state index in [-0.39, 0.29) is 18.2 Å². The minimum atomic E-state index is -0.341. The first kappa shape index (κ1) is 26.3. The molecule has 6 heteroatoms. The first-order valence-electron chi connectivity index (χ1n) is 11.6. The highest BCUT2D eigenvalue weighted by Crippen LogP contribution is 2.31. The molecule has 0 saturated heterocycles. The van der Waals surface area contributed by atoms with E-state index < -0.39 is 0 Å². The van der Waals surface area contributed by atoms with Gasteiger partial charge < -0.3 is 23.7 Å². The molecule has 0 aliphatic heterocycles. The summed E-state index contributed by atoms with van der Waals surface area (Å²) >= 11 is 0. The van der Waals surface area contributed by atoms with E-state index in [4.69, 9.17) is 23.7 Å². The molecule has 2 atom stereocenters. The molecule has 0 amide bonds. The molecule has 6 nitrogen and oxygen atoms in total. The van der Waals surface area contributed by atoms with Crippen molar-refractivity contribution in [1.29, 1.82) is 0 Å². The molecule has 3 aromatic carbocycles.